The van der Waals surface area contributed by atoms with Gasteiger partial charge in [-0.05, 0) is 50.5 Å². The Bertz CT molecular complexity index is 662. The van der Waals surface area contributed by atoms with Crippen molar-refractivity contribution < 1.29 is 18.3 Å². The number of carboxylic acid groups (broad SMARTS) is 1. The molecule has 0 amide bonds. The number of carboxylic acids is 1. The lowest BCUT2D eigenvalue weighted by molar-refractivity contribution is -0.137. The van der Waals surface area contributed by atoms with Crippen LogP contribution in [0.25, 0.3) is 0 Å². The third-order valence-corrected chi connectivity index (χ3v) is 4.73. The highest BCUT2D eigenvalue weighted by Crippen LogP contribution is 2.17. The Balaban J connectivity index is 2.78. The van der Waals surface area contributed by atoms with Gasteiger partial charge in [-0.15, -0.1) is 0 Å². The number of sulfonamides is 1. The summed E-state index contributed by atoms with van der Waals surface area (Å²) in [5.74, 6) is -0.895. The highest BCUT2D eigenvalue weighted by molar-refractivity contribution is 7.89. The van der Waals surface area contributed by atoms with Crippen LogP contribution in [-0.4, -0.2) is 25.5 Å². The highest BCUT2D eigenvalue weighted by Gasteiger charge is 2.19. The van der Waals surface area contributed by atoms with Crippen LogP contribution in [0.2, 0.25) is 0 Å². The summed E-state index contributed by atoms with van der Waals surface area (Å²) in [6.07, 6.45) is 0.869. The SMILES string of the molecule is Cc1cc(C#N)ccc1S(=O)(=O)NC(C)CCCC(=O)O. The fourth-order valence-electron chi connectivity index (χ4n) is 1.97. The average molecular weight is 310 g/mol. The van der Waals surface area contributed by atoms with Crippen LogP contribution in [0.4, 0.5) is 0 Å². The van der Waals surface area contributed by atoms with Crippen molar-refractivity contribution in [1.82, 2.24) is 4.72 Å². The van der Waals surface area contributed by atoms with Gasteiger partial charge >= 0.3 is 5.97 Å². The summed E-state index contributed by atoms with van der Waals surface area (Å²) in [7, 11) is -3.67. The average Bonchev–Trinajstić information content (AvgIpc) is 2.36. The molecular formula is C14H18N2O4S. The lowest BCUT2D eigenvalue weighted by Gasteiger charge is -2.15. The van der Waals surface area contributed by atoms with Crippen molar-refractivity contribution in [3.63, 3.8) is 0 Å². The summed E-state index contributed by atoms with van der Waals surface area (Å²) < 4.78 is 27.0. The second kappa shape index (κ2) is 7.20. The number of aryl methyl sites for hydroxylation is 1. The number of benzene rings is 1. The van der Waals surface area contributed by atoms with Crippen LogP contribution in [0.5, 0.6) is 0 Å². The summed E-state index contributed by atoms with van der Waals surface area (Å²) >= 11 is 0. The van der Waals surface area contributed by atoms with E-state index in [1.807, 2.05) is 6.07 Å². The van der Waals surface area contributed by atoms with E-state index in [0.717, 1.165) is 0 Å². The fourth-order valence-corrected chi connectivity index (χ4v) is 3.47. The quantitative estimate of drug-likeness (QED) is 0.798. The van der Waals surface area contributed by atoms with Crippen molar-refractivity contribution in [3.05, 3.63) is 29.3 Å². The molecule has 0 saturated carbocycles. The van der Waals surface area contributed by atoms with E-state index >= 15 is 0 Å². The molecule has 0 aliphatic carbocycles. The van der Waals surface area contributed by atoms with E-state index in [9.17, 15) is 13.2 Å². The van der Waals surface area contributed by atoms with Gasteiger partial charge in [-0.2, -0.15) is 5.26 Å². The molecule has 0 fully saturated rings. The van der Waals surface area contributed by atoms with Gasteiger partial charge in [0.1, 0.15) is 0 Å². The van der Waals surface area contributed by atoms with Gasteiger partial charge in [-0.1, -0.05) is 0 Å². The van der Waals surface area contributed by atoms with E-state index in [2.05, 4.69) is 4.72 Å². The van der Waals surface area contributed by atoms with Gasteiger partial charge in [0.05, 0.1) is 16.5 Å². The predicted octanol–water partition coefficient (Wildman–Crippen LogP) is 1.79. The third kappa shape index (κ3) is 5.17. The van der Waals surface area contributed by atoms with Crippen molar-refractivity contribution in [2.75, 3.05) is 0 Å². The van der Waals surface area contributed by atoms with Crippen LogP contribution in [0.1, 0.15) is 37.3 Å². The van der Waals surface area contributed by atoms with E-state index in [4.69, 9.17) is 10.4 Å². The lowest BCUT2D eigenvalue weighted by atomic mass is 10.1. The molecule has 7 heteroatoms. The van der Waals surface area contributed by atoms with Crippen molar-refractivity contribution >= 4 is 16.0 Å². The molecule has 1 aromatic rings. The first-order valence-corrected chi connectivity index (χ1v) is 7.99. The van der Waals surface area contributed by atoms with E-state index < -0.39 is 16.0 Å². The van der Waals surface area contributed by atoms with Gasteiger partial charge < -0.3 is 5.11 Å². The Morgan fingerprint density at radius 3 is 2.67 bits per heavy atom. The van der Waals surface area contributed by atoms with E-state index in [1.165, 1.54) is 18.2 Å². The zero-order chi connectivity index (χ0) is 16.0. The van der Waals surface area contributed by atoms with Gasteiger partial charge in [0.15, 0.2) is 0 Å². The second-order valence-corrected chi connectivity index (χ2v) is 6.58. The number of hydrogen-bond donors (Lipinski definition) is 2. The summed E-state index contributed by atoms with van der Waals surface area (Å²) in [5, 5.41) is 17.3. The topological polar surface area (TPSA) is 107 Å². The molecule has 0 saturated heterocycles. The normalized spacial score (nSPS) is 12.6. The number of aliphatic carboxylic acids is 1. The molecule has 0 aliphatic rings. The van der Waals surface area contributed by atoms with Crippen LogP contribution in [0, 0.1) is 18.3 Å². The minimum Gasteiger partial charge on any atom is -0.481 e. The minimum absolute atomic E-state index is 0.0158. The van der Waals surface area contributed by atoms with Gasteiger partial charge in [-0.25, -0.2) is 13.1 Å². The Labute approximate surface area is 124 Å². The Kier molecular flexibility index (Phi) is 5.88. The van der Waals surface area contributed by atoms with E-state index in [-0.39, 0.29) is 17.4 Å². The maximum atomic E-state index is 12.2. The van der Waals surface area contributed by atoms with Crippen LogP contribution in [0.3, 0.4) is 0 Å². The Morgan fingerprint density at radius 2 is 2.14 bits per heavy atom. The molecule has 0 radical (unpaired) electrons. The molecule has 0 aliphatic heterocycles. The van der Waals surface area contributed by atoms with E-state index in [0.29, 0.717) is 24.0 Å². The molecule has 114 valence electrons. The van der Waals surface area contributed by atoms with Crippen molar-refractivity contribution in [1.29, 1.82) is 5.26 Å². The highest BCUT2D eigenvalue weighted by atomic mass is 32.2. The molecule has 1 unspecified atom stereocenters. The molecule has 6 nitrogen and oxygen atoms in total. The monoisotopic (exact) mass is 310 g/mol. The first-order chi connectivity index (χ1) is 9.76. The summed E-state index contributed by atoms with van der Waals surface area (Å²) in [6.45, 7) is 3.32. The van der Waals surface area contributed by atoms with Crippen molar-refractivity contribution in [2.24, 2.45) is 0 Å². The standard InChI is InChI=1S/C14H18N2O4S/c1-10-8-12(9-15)6-7-13(10)21(19,20)16-11(2)4-3-5-14(17)18/h6-8,11,16H,3-5H2,1-2H3,(H,17,18). The first kappa shape index (κ1) is 17.1. The lowest BCUT2D eigenvalue weighted by Crippen LogP contribution is -2.33. The predicted molar refractivity (Wildman–Crippen MR) is 77.2 cm³/mol. The van der Waals surface area contributed by atoms with Crippen molar-refractivity contribution in [2.45, 2.75) is 44.0 Å². The molecule has 0 bridgehead atoms. The Hall–Kier alpha value is -1.91. The number of nitriles is 1. The van der Waals surface area contributed by atoms with Crippen LogP contribution >= 0.6 is 0 Å². The van der Waals surface area contributed by atoms with Gasteiger partial charge in [0.2, 0.25) is 10.0 Å². The molecule has 2 N–H and O–H groups in total. The number of nitrogens with one attached hydrogen (secondary N) is 1. The fraction of sp³-hybridized carbons (Fsp3) is 0.429. The van der Waals surface area contributed by atoms with Gasteiger partial charge in [-0.3, -0.25) is 4.79 Å². The Morgan fingerprint density at radius 1 is 1.48 bits per heavy atom. The summed E-state index contributed by atoms with van der Waals surface area (Å²) in [6, 6.07) is 5.97. The smallest absolute Gasteiger partial charge is 0.303 e. The largest absolute Gasteiger partial charge is 0.481 e. The molecular weight excluding hydrogens is 292 g/mol. The first-order valence-electron chi connectivity index (χ1n) is 6.51. The van der Waals surface area contributed by atoms with Crippen LogP contribution in [-0.2, 0) is 14.8 Å². The third-order valence-electron chi connectivity index (χ3n) is 2.98. The van der Waals surface area contributed by atoms with Crippen LogP contribution < -0.4 is 4.72 Å². The maximum absolute atomic E-state index is 12.2. The molecule has 21 heavy (non-hydrogen) atoms. The van der Waals surface area contributed by atoms with E-state index in [1.54, 1.807) is 13.8 Å². The number of nitrogens with zero attached hydrogens (tertiary/aromatic N) is 1. The molecule has 0 aromatic heterocycles. The molecule has 0 spiro atoms. The maximum Gasteiger partial charge on any atom is 0.303 e. The molecule has 1 rings (SSSR count). The van der Waals surface area contributed by atoms with Gasteiger partial charge in [0.25, 0.3) is 0 Å². The number of hydrogen-bond acceptors (Lipinski definition) is 4. The minimum atomic E-state index is -3.67. The summed E-state index contributed by atoms with van der Waals surface area (Å²) in [4.78, 5) is 10.6. The zero-order valence-electron chi connectivity index (χ0n) is 12.0. The van der Waals surface area contributed by atoms with Crippen LogP contribution in [0.15, 0.2) is 23.1 Å². The summed E-state index contributed by atoms with van der Waals surface area (Å²) in [5.41, 5.74) is 0.903. The zero-order valence-corrected chi connectivity index (χ0v) is 12.8. The molecule has 1 atom stereocenters. The number of rotatable bonds is 7. The second-order valence-electron chi connectivity index (χ2n) is 4.90. The molecule has 0 heterocycles. The molecule has 1 aromatic carbocycles. The van der Waals surface area contributed by atoms with Crippen molar-refractivity contribution in [3.8, 4) is 6.07 Å². The van der Waals surface area contributed by atoms with Gasteiger partial charge in [0, 0.05) is 12.5 Å². The number of carbonyl (C=O) groups is 1.